The van der Waals surface area contributed by atoms with Gasteiger partial charge in [-0.2, -0.15) is 0 Å². The fourth-order valence-corrected chi connectivity index (χ4v) is 3.82. The van der Waals surface area contributed by atoms with Crippen molar-refractivity contribution in [3.63, 3.8) is 0 Å². The average Bonchev–Trinajstić information content (AvgIpc) is 2.91. The molecule has 0 fully saturated rings. The lowest BCUT2D eigenvalue weighted by Gasteiger charge is -2.24. The Hall–Kier alpha value is -1.06. The molecule has 0 aliphatic heterocycles. The van der Waals surface area contributed by atoms with Gasteiger partial charge in [-0.1, -0.05) is 53.5 Å². The summed E-state index contributed by atoms with van der Waals surface area (Å²) in [6.07, 6.45) is 2.94. The zero-order valence-electron chi connectivity index (χ0n) is 11.7. The summed E-state index contributed by atoms with van der Waals surface area (Å²) < 4.78 is 0. The van der Waals surface area contributed by atoms with Crippen LogP contribution in [-0.2, 0) is 12.8 Å². The molecule has 2 aromatic carbocycles. The summed E-state index contributed by atoms with van der Waals surface area (Å²) in [4.78, 5) is 0. The molecule has 0 bridgehead atoms. The van der Waals surface area contributed by atoms with Crippen LogP contribution in [0.2, 0.25) is 10.0 Å². The smallest absolute Gasteiger partial charge is 0.0453 e. The van der Waals surface area contributed by atoms with Crippen LogP contribution in [0, 0.1) is 0 Å². The van der Waals surface area contributed by atoms with Crippen LogP contribution in [0.5, 0.6) is 0 Å². The highest BCUT2D eigenvalue weighted by molar-refractivity contribution is 6.36. The largest absolute Gasteiger partial charge is 0.271 e. The highest BCUT2D eigenvalue weighted by atomic mass is 35.5. The van der Waals surface area contributed by atoms with Gasteiger partial charge >= 0.3 is 0 Å². The second-order valence-electron chi connectivity index (χ2n) is 5.52. The summed E-state index contributed by atoms with van der Waals surface area (Å²) in [6.45, 7) is 0. The average molecular weight is 321 g/mol. The minimum absolute atomic E-state index is 0.131. The third-order valence-corrected chi connectivity index (χ3v) is 5.07. The van der Waals surface area contributed by atoms with E-state index in [2.05, 4.69) is 29.7 Å². The quantitative estimate of drug-likeness (QED) is 0.657. The molecule has 3 rings (SSSR count). The Bertz CT molecular complexity index is 622. The first-order valence-electron chi connectivity index (χ1n) is 7.17. The molecule has 1 aliphatic carbocycles. The zero-order valence-corrected chi connectivity index (χ0v) is 13.2. The third kappa shape index (κ3) is 2.95. The van der Waals surface area contributed by atoms with Crippen molar-refractivity contribution in [2.45, 2.75) is 31.2 Å². The number of benzene rings is 2. The van der Waals surface area contributed by atoms with Crippen LogP contribution >= 0.6 is 23.2 Å². The van der Waals surface area contributed by atoms with Gasteiger partial charge in [0.2, 0.25) is 0 Å². The first-order chi connectivity index (χ1) is 10.2. The molecule has 2 aromatic rings. The molecule has 0 saturated carbocycles. The SMILES string of the molecule is NNC(Cc1c(Cl)cccc1Cl)C1CCc2ccccc21. The molecule has 21 heavy (non-hydrogen) atoms. The highest BCUT2D eigenvalue weighted by Gasteiger charge is 2.29. The number of hydrazine groups is 1. The van der Waals surface area contributed by atoms with Crippen LogP contribution in [0.25, 0.3) is 0 Å². The molecule has 2 unspecified atom stereocenters. The number of rotatable bonds is 4. The van der Waals surface area contributed by atoms with E-state index in [1.165, 1.54) is 11.1 Å². The van der Waals surface area contributed by atoms with E-state index < -0.39 is 0 Å². The normalized spacial score (nSPS) is 18.5. The van der Waals surface area contributed by atoms with Crippen LogP contribution in [0.15, 0.2) is 42.5 Å². The number of fused-ring (bicyclic) bond motifs is 1. The molecule has 0 spiro atoms. The first kappa shape index (κ1) is 14.9. The van der Waals surface area contributed by atoms with Gasteiger partial charge in [0, 0.05) is 22.0 Å². The molecule has 2 atom stereocenters. The Morgan fingerprint density at radius 1 is 1.10 bits per heavy atom. The van der Waals surface area contributed by atoms with Crippen molar-refractivity contribution in [3.05, 3.63) is 69.2 Å². The van der Waals surface area contributed by atoms with E-state index in [0.717, 1.165) is 24.8 Å². The summed E-state index contributed by atoms with van der Waals surface area (Å²) >= 11 is 12.6. The van der Waals surface area contributed by atoms with Crippen LogP contribution < -0.4 is 11.3 Å². The second-order valence-corrected chi connectivity index (χ2v) is 6.34. The Kier molecular flexibility index (Phi) is 4.51. The highest BCUT2D eigenvalue weighted by Crippen LogP contribution is 2.37. The van der Waals surface area contributed by atoms with Gasteiger partial charge < -0.3 is 0 Å². The number of aryl methyl sites for hydroxylation is 1. The molecule has 0 aromatic heterocycles. The molecule has 110 valence electrons. The lowest BCUT2D eigenvalue weighted by molar-refractivity contribution is 0.434. The van der Waals surface area contributed by atoms with Gasteiger partial charge in [-0.25, -0.2) is 0 Å². The van der Waals surface area contributed by atoms with Crippen LogP contribution in [0.3, 0.4) is 0 Å². The fourth-order valence-electron chi connectivity index (χ4n) is 3.27. The van der Waals surface area contributed by atoms with E-state index in [0.29, 0.717) is 16.0 Å². The lowest BCUT2D eigenvalue weighted by Crippen LogP contribution is -2.41. The number of hydrogen-bond donors (Lipinski definition) is 2. The lowest BCUT2D eigenvalue weighted by atomic mass is 9.89. The van der Waals surface area contributed by atoms with Crippen molar-refractivity contribution in [2.24, 2.45) is 5.84 Å². The molecular weight excluding hydrogens is 303 g/mol. The Balaban J connectivity index is 1.87. The van der Waals surface area contributed by atoms with E-state index in [1.54, 1.807) is 0 Å². The summed E-state index contributed by atoms with van der Waals surface area (Å²) in [5, 5.41) is 1.41. The van der Waals surface area contributed by atoms with E-state index in [-0.39, 0.29) is 6.04 Å². The van der Waals surface area contributed by atoms with Gasteiger partial charge in [-0.3, -0.25) is 11.3 Å². The van der Waals surface area contributed by atoms with Gasteiger partial charge in [-0.15, -0.1) is 0 Å². The molecule has 0 radical (unpaired) electrons. The summed E-state index contributed by atoms with van der Waals surface area (Å²) in [6, 6.07) is 14.3. The fraction of sp³-hybridized carbons (Fsp3) is 0.294. The molecule has 0 heterocycles. The van der Waals surface area contributed by atoms with Crippen molar-refractivity contribution in [3.8, 4) is 0 Å². The Morgan fingerprint density at radius 2 is 1.81 bits per heavy atom. The molecule has 2 nitrogen and oxygen atoms in total. The minimum atomic E-state index is 0.131. The molecule has 4 heteroatoms. The summed E-state index contributed by atoms with van der Waals surface area (Å²) in [5.41, 5.74) is 6.75. The molecule has 0 saturated heterocycles. The summed E-state index contributed by atoms with van der Waals surface area (Å²) in [7, 11) is 0. The zero-order chi connectivity index (χ0) is 14.8. The number of hydrogen-bond acceptors (Lipinski definition) is 2. The van der Waals surface area contributed by atoms with Gasteiger partial charge in [0.1, 0.15) is 0 Å². The van der Waals surface area contributed by atoms with E-state index in [4.69, 9.17) is 29.0 Å². The van der Waals surface area contributed by atoms with Gasteiger partial charge in [-0.05, 0) is 48.1 Å². The topological polar surface area (TPSA) is 38.0 Å². The van der Waals surface area contributed by atoms with Crippen molar-refractivity contribution in [1.29, 1.82) is 0 Å². The summed E-state index contributed by atoms with van der Waals surface area (Å²) in [5.74, 6) is 6.22. The number of nitrogens with two attached hydrogens (primary N) is 1. The maximum Gasteiger partial charge on any atom is 0.0453 e. The maximum absolute atomic E-state index is 6.28. The maximum atomic E-state index is 6.28. The second kappa shape index (κ2) is 6.37. The number of nitrogens with one attached hydrogen (secondary N) is 1. The molecule has 1 aliphatic rings. The van der Waals surface area contributed by atoms with Crippen LogP contribution in [-0.4, -0.2) is 6.04 Å². The standard InChI is InChI=1S/C17H18Cl2N2/c18-15-6-3-7-16(19)14(15)10-17(21-20)13-9-8-11-4-1-2-5-12(11)13/h1-7,13,17,21H,8-10,20H2. The van der Waals surface area contributed by atoms with E-state index in [9.17, 15) is 0 Å². The van der Waals surface area contributed by atoms with E-state index in [1.807, 2.05) is 18.2 Å². The predicted molar refractivity (Wildman–Crippen MR) is 88.8 cm³/mol. The minimum Gasteiger partial charge on any atom is -0.271 e. The van der Waals surface area contributed by atoms with Gasteiger partial charge in [0.15, 0.2) is 0 Å². The van der Waals surface area contributed by atoms with Crippen molar-refractivity contribution < 1.29 is 0 Å². The molecule has 3 N–H and O–H groups in total. The molecule has 0 amide bonds. The first-order valence-corrected chi connectivity index (χ1v) is 7.93. The van der Waals surface area contributed by atoms with Crippen molar-refractivity contribution in [1.82, 2.24) is 5.43 Å². The van der Waals surface area contributed by atoms with Crippen LogP contribution in [0.1, 0.15) is 29.0 Å². The van der Waals surface area contributed by atoms with Crippen molar-refractivity contribution in [2.75, 3.05) is 0 Å². The Morgan fingerprint density at radius 3 is 2.52 bits per heavy atom. The molecular formula is C17H18Cl2N2. The van der Waals surface area contributed by atoms with Crippen LogP contribution in [0.4, 0.5) is 0 Å². The number of halogens is 2. The predicted octanol–water partition coefficient (Wildman–Crippen LogP) is 4.10. The van der Waals surface area contributed by atoms with Gasteiger partial charge in [0.25, 0.3) is 0 Å². The third-order valence-electron chi connectivity index (χ3n) is 4.36. The Labute approximate surface area is 135 Å². The van der Waals surface area contributed by atoms with Crippen molar-refractivity contribution >= 4 is 23.2 Å². The van der Waals surface area contributed by atoms with Gasteiger partial charge in [0.05, 0.1) is 0 Å². The monoisotopic (exact) mass is 320 g/mol. The van der Waals surface area contributed by atoms with E-state index >= 15 is 0 Å².